The molecule has 172 valence electrons. The molecule has 7 heteroatoms. The molecular weight excluding hydrogens is 405 g/mol. The molecule has 1 saturated carbocycles. The Morgan fingerprint density at radius 3 is 2.65 bits per heavy atom. The summed E-state index contributed by atoms with van der Waals surface area (Å²) in [6, 6.07) is 3.99. The maximum Gasteiger partial charge on any atom is 0.419 e. The molecule has 0 radical (unpaired) electrons. The number of aromatic nitrogens is 2. The predicted octanol–water partition coefficient (Wildman–Crippen LogP) is 7.79. The minimum absolute atomic E-state index is 0.0788. The molecule has 0 aliphatic heterocycles. The highest BCUT2D eigenvalue weighted by molar-refractivity contribution is 5.59. The summed E-state index contributed by atoms with van der Waals surface area (Å²) in [5, 5.41) is 3.90. The second-order valence-corrected chi connectivity index (χ2v) is 8.70. The highest BCUT2D eigenvalue weighted by Gasteiger charge is 2.35. The number of ether oxygens (including phenoxy) is 1. The van der Waals surface area contributed by atoms with Gasteiger partial charge in [0.25, 0.3) is 0 Å². The fourth-order valence-electron chi connectivity index (χ4n) is 4.23. The molecule has 0 bridgehead atoms. The SMILES string of the molecule is CCCCC(C)c1nc(-c2ccc(OCCCC3CCCCC3)c(C(F)(F)F)c2)no1. The van der Waals surface area contributed by atoms with Crippen LogP contribution in [0.5, 0.6) is 5.75 Å². The molecule has 1 aromatic carbocycles. The highest BCUT2D eigenvalue weighted by Crippen LogP contribution is 2.39. The number of nitrogens with zero attached hydrogens (tertiary/aromatic N) is 2. The lowest BCUT2D eigenvalue weighted by atomic mass is 9.86. The molecule has 4 nitrogen and oxygen atoms in total. The first kappa shape index (κ1) is 23.6. The van der Waals surface area contributed by atoms with Crippen LogP contribution in [0.25, 0.3) is 11.4 Å². The molecule has 1 atom stereocenters. The minimum atomic E-state index is -4.52. The Morgan fingerprint density at radius 1 is 1.16 bits per heavy atom. The lowest BCUT2D eigenvalue weighted by molar-refractivity contribution is -0.138. The van der Waals surface area contributed by atoms with Crippen LogP contribution < -0.4 is 4.74 Å². The van der Waals surface area contributed by atoms with Gasteiger partial charge in [-0.3, -0.25) is 0 Å². The van der Waals surface area contributed by atoms with Crippen molar-refractivity contribution in [1.29, 1.82) is 0 Å². The largest absolute Gasteiger partial charge is 0.493 e. The summed E-state index contributed by atoms with van der Waals surface area (Å²) in [5.41, 5.74) is -0.521. The first-order chi connectivity index (χ1) is 14.9. The molecule has 1 unspecified atom stereocenters. The van der Waals surface area contributed by atoms with Crippen molar-refractivity contribution in [3.05, 3.63) is 29.7 Å². The Hall–Kier alpha value is -2.05. The quantitative estimate of drug-likeness (QED) is 0.355. The van der Waals surface area contributed by atoms with Crippen LogP contribution in [0.1, 0.15) is 95.4 Å². The third-order valence-electron chi connectivity index (χ3n) is 6.14. The van der Waals surface area contributed by atoms with E-state index in [0.29, 0.717) is 18.4 Å². The summed E-state index contributed by atoms with van der Waals surface area (Å²) < 4.78 is 51.9. The zero-order valence-electron chi connectivity index (χ0n) is 18.5. The van der Waals surface area contributed by atoms with Crippen molar-refractivity contribution >= 4 is 0 Å². The van der Waals surface area contributed by atoms with Gasteiger partial charge in [-0.25, -0.2) is 0 Å². The molecule has 0 saturated heterocycles. The number of alkyl halides is 3. The van der Waals surface area contributed by atoms with E-state index >= 15 is 0 Å². The van der Waals surface area contributed by atoms with E-state index in [1.165, 1.54) is 38.2 Å². The van der Waals surface area contributed by atoms with Crippen LogP contribution in [-0.4, -0.2) is 16.7 Å². The fourth-order valence-corrected chi connectivity index (χ4v) is 4.23. The van der Waals surface area contributed by atoms with Crippen LogP contribution in [0, 0.1) is 5.92 Å². The van der Waals surface area contributed by atoms with E-state index in [9.17, 15) is 13.2 Å². The molecule has 2 aromatic rings. The van der Waals surface area contributed by atoms with Crippen molar-refractivity contribution in [2.75, 3.05) is 6.61 Å². The molecule has 1 heterocycles. The third kappa shape index (κ3) is 6.71. The first-order valence-electron chi connectivity index (χ1n) is 11.6. The smallest absolute Gasteiger partial charge is 0.419 e. The molecule has 0 N–H and O–H groups in total. The monoisotopic (exact) mass is 438 g/mol. The maximum atomic E-state index is 13.7. The van der Waals surface area contributed by atoms with E-state index in [1.54, 1.807) is 6.07 Å². The molecule has 1 aliphatic carbocycles. The number of hydrogen-bond donors (Lipinski definition) is 0. The minimum Gasteiger partial charge on any atom is -0.493 e. The van der Waals surface area contributed by atoms with E-state index in [4.69, 9.17) is 9.26 Å². The molecule has 3 rings (SSSR count). The van der Waals surface area contributed by atoms with E-state index in [-0.39, 0.29) is 23.1 Å². The summed E-state index contributed by atoms with van der Waals surface area (Å²) in [6.07, 6.45) is 6.55. The number of hydrogen-bond acceptors (Lipinski definition) is 4. The van der Waals surface area contributed by atoms with Gasteiger partial charge in [0, 0.05) is 11.5 Å². The molecule has 1 aliphatic rings. The lowest BCUT2D eigenvalue weighted by Gasteiger charge is -2.21. The van der Waals surface area contributed by atoms with Gasteiger partial charge in [0.2, 0.25) is 11.7 Å². The van der Waals surface area contributed by atoms with Crippen LogP contribution in [0.15, 0.2) is 22.7 Å². The number of halogens is 3. The van der Waals surface area contributed by atoms with E-state index in [2.05, 4.69) is 17.1 Å². The average molecular weight is 439 g/mol. The van der Waals surface area contributed by atoms with Crippen molar-refractivity contribution in [2.45, 2.75) is 90.1 Å². The van der Waals surface area contributed by atoms with Gasteiger partial charge in [-0.2, -0.15) is 18.2 Å². The van der Waals surface area contributed by atoms with Gasteiger partial charge in [-0.05, 0) is 43.4 Å². The lowest BCUT2D eigenvalue weighted by Crippen LogP contribution is -2.11. The molecule has 0 amide bonds. The van der Waals surface area contributed by atoms with Crippen LogP contribution >= 0.6 is 0 Å². The van der Waals surface area contributed by atoms with Crippen molar-refractivity contribution < 1.29 is 22.4 Å². The fraction of sp³-hybridized carbons (Fsp3) is 0.667. The molecular formula is C24H33F3N2O2. The second-order valence-electron chi connectivity index (χ2n) is 8.70. The Balaban J connectivity index is 1.66. The van der Waals surface area contributed by atoms with Crippen molar-refractivity contribution in [1.82, 2.24) is 10.1 Å². The number of unbranched alkanes of at least 4 members (excludes halogenated alkanes) is 1. The first-order valence-corrected chi connectivity index (χ1v) is 11.6. The van der Waals surface area contributed by atoms with E-state index in [1.807, 2.05) is 6.92 Å². The van der Waals surface area contributed by atoms with Crippen molar-refractivity contribution in [3.63, 3.8) is 0 Å². The van der Waals surface area contributed by atoms with E-state index < -0.39 is 11.7 Å². The summed E-state index contributed by atoms with van der Waals surface area (Å²) >= 11 is 0. The van der Waals surface area contributed by atoms with Crippen molar-refractivity contribution in [2.24, 2.45) is 5.92 Å². The van der Waals surface area contributed by atoms with Crippen LogP contribution in [-0.2, 0) is 6.18 Å². The number of benzene rings is 1. The Morgan fingerprint density at radius 2 is 1.94 bits per heavy atom. The average Bonchev–Trinajstić information content (AvgIpc) is 3.25. The molecule has 31 heavy (non-hydrogen) atoms. The Bertz CT molecular complexity index is 813. The van der Waals surface area contributed by atoms with Gasteiger partial charge in [0.15, 0.2) is 0 Å². The second kappa shape index (κ2) is 11.0. The zero-order chi connectivity index (χ0) is 22.3. The maximum absolute atomic E-state index is 13.7. The van der Waals surface area contributed by atoms with Crippen LogP contribution in [0.4, 0.5) is 13.2 Å². The van der Waals surface area contributed by atoms with Gasteiger partial charge < -0.3 is 9.26 Å². The summed E-state index contributed by atoms with van der Waals surface area (Å²) in [5.74, 6) is 1.26. The highest BCUT2D eigenvalue weighted by atomic mass is 19.4. The van der Waals surface area contributed by atoms with Gasteiger partial charge in [-0.15, -0.1) is 0 Å². The predicted molar refractivity (Wildman–Crippen MR) is 114 cm³/mol. The topological polar surface area (TPSA) is 48.2 Å². The standard InChI is InChI=1S/C24H33F3N2O2/c1-3-4-9-17(2)23-28-22(29-31-23)19-13-14-21(20(16-19)24(25,26)27)30-15-8-12-18-10-6-5-7-11-18/h13-14,16-18H,3-12,15H2,1-2H3. The molecule has 1 aromatic heterocycles. The van der Waals surface area contributed by atoms with E-state index in [0.717, 1.165) is 38.2 Å². The van der Waals surface area contributed by atoms with Crippen LogP contribution in [0.3, 0.4) is 0 Å². The van der Waals surface area contributed by atoms with Crippen LogP contribution in [0.2, 0.25) is 0 Å². The molecule has 1 fully saturated rings. The van der Waals surface area contributed by atoms with Gasteiger partial charge in [-0.1, -0.05) is 63.9 Å². The summed E-state index contributed by atoms with van der Waals surface area (Å²) in [6.45, 7) is 4.38. The Labute approximate surface area is 182 Å². The number of rotatable bonds is 10. The zero-order valence-corrected chi connectivity index (χ0v) is 18.5. The van der Waals surface area contributed by atoms with Gasteiger partial charge in [0.05, 0.1) is 12.2 Å². The summed E-state index contributed by atoms with van der Waals surface area (Å²) in [4.78, 5) is 4.33. The summed E-state index contributed by atoms with van der Waals surface area (Å²) in [7, 11) is 0. The normalized spacial score (nSPS) is 16.4. The van der Waals surface area contributed by atoms with Crippen molar-refractivity contribution in [3.8, 4) is 17.1 Å². The molecule has 0 spiro atoms. The third-order valence-corrected chi connectivity index (χ3v) is 6.14. The van der Waals surface area contributed by atoms with Gasteiger partial charge in [0.1, 0.15) is 5.75 Å². The van der Waals surface area contributed by atoms with Gasteiger partial charge >= 0.3 is 6.18 Å². The Kier molecular flexibility index (Phi) is 8.38.